The summed E-state index contributed by atoms with van der Waals surface area (Å²) in [5.41, 5.74) is 0.680. The Balaban J connectivity index is 1.56. The lowest BCUT2D eigenvalue weighted by atomic mass is 10.2. The lowest BCUT2D eigenvalue weighted by Gasteiger charge is -2.08. The van der Waals surface area contributed by atoms with Gasteiger partial charge in [-0.1, -0.05) is 12.1 Å². The smallest absolute Gasteiger partial charge is 0.332 e. The predicted octanol–water partition coefficient (Wildman–Crippen LogP) is 1.48. The minimum Gasteiger partial charge on any atom is -0.494 e. The van der Waals surface area contributed by atoms with Crippen LogP contribution in [0.1, 0.15) is 18.9 Å². The van der Waals surface area contributed by atoms with Crippen LogP contribution in [0.5, 0.6) is 5.75 Å². The predicted molar refractivity (Wildman–Crippen MR) is 112 cm³/mol. The van der Waals surface area contributed by atoms with E-state index < -0.39 is 17.2 Å². The van der Waals surface area contributed by atoms with Crippen molar-refractivity contribution >= 4 is 23.2 Å². The molecule has 0 atom stereocenters. The van der Waals surface area contributed by atoms with Gasteiger partial charge in [0.15, 0.2) is 11.2 Å². The van der Waals surface area contributed by atoms with E-state index in [1.165, 1.54) is 17.0 Å². The first-order valence-corrected chi connectivity index (χ1v) is 9.61. The van der Waals surface area contributed by atoms with Crippen LogP contribution in [-0.2, 0) is 30.2 Å². The molecule has 1 aromatic carbocycles. The molecule has 0 spiro atoms. The molecule has 0 unspecified atom stereocenters. The molecule has 158 valence electrons. The molecule has 3 aromatic rings. The average molecular weight is 412 g/mol. The summed E-state index contributed by atoms with van der Waals surface area (Å²) in [4.78, 5) is 41.0. The number of imidazole rings is 1. The molecule has 0 saturated heterocycles. The number of carbonyl (C=O) groups excluding carboxylic acids is 1. The van der Waals surface area contributed by atoms with E-state index in [0.29, 0.717) is 24.2 Å². The molecule has 3 rings (SSSR count). The highest BCUT2D eigenvalue weighted by atomic mass is 16.5. The van der Waals surface area contributed by atoms with Gasteiger partial charge in [-0.3, -0.25) is 13.9 Å². The van der Waals surface area contributed by atoms with Gasteiger partial charge in [0.2, 0.25) is 0 Å². The highest BCUT2D eigenvalue weighted by molar-refractivity contribution is 5.87. The van der Waals surface area contributed by atoms with Gasteiger partial charge in [0.05, 0.1) is 19.5 Å². The van der Waals surface area contributed by atoms with Crippen molar-refractivity contribution in [1.82, 2.24) is 18.7 Å². The number of hydrogen-bond donors (Lipinski definition) is 0. The molecule has 0 saturated carbocycles. The summed E-state index contributed by atoms with van der Waals surface area (Å²) in [6, 6.07) is 7.33. The number of hydrogen-bond acceptors (Lipinski definition) is 6. The molecule has 2 aromatic heterocycles. The van der Waals surface area contributed by atoms with Crippen molar-refractivity contribution in [2.24, 2.45) is 14.1 Å². The third kappa shape index (κ3) is 4.51. The first-order chi connectivity index (χ1) is 14.4. The lowest BCUT2D eigenvalue weighted by molar-refractivity contribution is -0.137. The van der Waals surface area contributed by atoms with Crippen molar-refractivity contribution < 1.29 is 14.3 Å². The van der Waals surface area contributed by atoms with Crippen LogP contribution >= 0.6 is 0 Å². The van der Waals surface area contributed by atoms with Crippen LogP contribution in [0.4, 0.5) is 0 Å². The van der Waals surface area contributed by atoms with Crippen LogP contribution in [0.2, 0.25) is 0 Å². The molecule has 0 aliphatic carbocycles. The highest BCUT2D eigenvalue weighted by Crippen LogP contribution is 2.13. The van der Waals surface area contributed by atoms with E-state index in [-0.39, 0.29) is 13.2 Å². The third-order valence-corrected chi connectivity index (χ3v) is 4.57. The second-order valence-electron chi connectivity index (χ2n) is 6.68. The first kappa shape index (κ1) is 21.1. The van der Waals surface area contributed by atoms with Crippen molar-refractivity contribution in [3.63, 3.8) is 0 Å². The number of esters is 1. The molecular weight excluding hydrogens is 388 g/mol. The maximum absolute atomic E-state index is 12.6. The number of benzene rings is 1. The molecule has 0 N–H and O–H groups in total. The van der Waals surface area contributed by atoms with Gasteiger partial charge in [-0.15, -0.1) is 0 Å². The van der Waals surface area contributed by atoms with E-state index in [9.17, 15) is 14.4 Å². The number of aryl methyl sites for hydroxylation is 2. The SMILES string of the molecule is CCOc1ccc(/C=C/C(=O)OCCCn2c(=O)c3c(ncn3C)n(C)c2=O)cc1. The zero-order chi connectivity index (χ0) is 21.7. The van der Waals surface area contributed by atoms with Crippen LogP contribution in [0, 0.1) is 0 Å². The summed E-state index contributed by atoms with van der Waals surface area (Å²) in [6.45, 7) is 2.74. The van der Waals surface area contributed by atoms with Crippen molar-refractivity contribution in [2.75, 3.05) is 13.2 Å². The Labute approximate surface area is 172 Å². The van der Waals surface area contributed by atoms with E-state index in [4.69, 9.17) is 9.47 Å². The molecule has 0 aliphatic rings. The minimum absolute atomic E-state index is 0.0888. The fraction of sp³-hybridized carbons (Fsp3) is 0.333. The number of ether oxygens (including phenoxy) is 2. The summed E-state index contributed by atoms with van der Waals surface area (Å²) in [5, 5.41) is 0. The van der Waals surface area contributed by atoms with Crippen LogP contribution in [0.25, 0.3) is 17.2 Å². The van der Waals surface area contributed by atoms with Crippen LogP contribution in [0.3, 0.4) is 0 Å². The van der Waals surface area contributed by atoms with Crippen molar-refractivity contribution in [1.29, 1.82) is 0 Å². The van der Waals surface area contributed by atoms with E-state index >= 15 is 0 Å². The fourth-order valence-corrected chi connectivity index (χ4v) is 3.04. The lowest BCUT2D eigenvalue weighted by Crippen LogP contribution is -2.39. The maximum atomic E-state index is 12.6. The monoisotopic (exact) mass is 412 g/mol. The summed E-state index contributed by atoms with van der Waals surface area (Å²) in [7, 11) is 3.27. The second-order valence-corrected chi connectivity index (χ2v) is 6.68. The molecule has 9 heteroatoms. The van der Waals surface area contributed by atoms with Crippen molar-refractivity contribution in [3.05, 3.63) is 63.1 Å². The van der Waals surface area contributed by atoms with E-state index in [0.717, 1.165) is 15.9 Å². The van der Waals surface area contributed by atoms with Gasteiger partial charge in [-0.25, -0.2) is 14.6 Å². The Bertz CT molecular complexity index is 1190. The van der Waals surface area contributed by atoms with Crippen LogP contribution in [-0.4, -0.2) is 37.9 Å². The summed E-state index contributed by atoms with van der Waals surface area (Å²) < 4.78 is 14.6. The van der Waals surface area contributed by atoms with Crippen LogP contribution < -0.4 is 16.0 Å². The fourth-order valence-electron chi connectivity index (χ4n) is 3.04. The normalized spacial score (nSPS) is 11.3. The first-order valence-electron chi connectivity index (χ1n) is 9.61. The number of nitrogens with zero attached hydrogens (tertiary/aromatic N) is 4. The van der Waals surface area contributed by atoms with Gasteiger partial charge in [0.25, 0.3) is 5.56 Å². The van der Waals surface area contributed by atoms with Gasteiger partial charge in [0.1, 0.15) is 5.75 Å². The van der Waals surface area contributed by atoms with Crippen molar-refractivity contribution in [2.45, 2.75) is 19.9 Å². The molecule has 30 heavy (non-hydrogen) atoms. The molecule has 0 amide bonds. The largest absolute Gasteiger partial charge is 0.494 e. The van der Waals surface area contributed by atoms with Gasteiger partial charge >= 0.3 is 11.7 Å². The number of aromatic nitrogens is 4. The minimum atomic E-state index is -0.494. The Kier molecular flexibility index (Phi) is 6.51. The van der Waals surface area contributed by atoms with Gasteiger partial charge < -0.3 is 14.0 Å². The Hall–Kier alpha value is -3.62. The zero-order valence-corrected chi connectivity index (χ0v) is 17.2. The van der Waals surface area contributed by atoms with E-state index in [2.05, 4.69) is 4.98 Å². The van der Waals surface area contributed by atoms with E-state index in [1.54, 1.807) is 24.7 Å². The quantitative estimate of drug-likeness (QED) is 0.316. The van der Waals surface area contributed by atoms with Gasteiger partial charge in [0, 0.05) is 26.7 Å². The van der Waals surface area contributed by atoms with E-state index in [1.807, 2.05) is 31.2 Å². The van der Waals surface area contributed by atoms with Crippen LogP contribution in [0.15, 0.2) is 46.3 Å². The highest BCUT2D eigenvalue weighted by Gasteiger charge is 2.14. The average Bonchev–Trinajstić information content (AvgIpc) is 3.13. The second kappa shape index (κ2) is 9.25. The summed E-state index contributed by atoms with van der Waals surface area (Å²) in [5.74, 6) is 0.272. The van der Waals surface area contributed by atoms with Crippen molar-refractivity contribution in [3.8, 4) is 5.75 Å². The summed E-state index contributed by atoms with van der Waals surface area (Å²) >= 11 is 0. The van der Waals surface area contributed by atoms with Gasteiger partial charge in [-0.05, 0) is 37.1 Å². The zero-order valence-electron chi connectivity index (χ0n) is 17.2. The topological polar surface area (TPSA) is 97.3 Å². The number of rotatable bonds is 8. The third-order valence-electron chi connectivity index (χ3n) is 4.57. The Morgan fingerprint density at radius 3 is 2.60 bits per heavy atom. The molecule has 2 heterocycles. The summed E-state index contributed by atoms with van der Waals surface area (Å²) in [6.07, 6.45) is 4.81. The molecule has 9 nitrogen and oxygen atoms in total. The van der Waals surface area contributed by atoms with Gasteiger partial charge in [-0.2, -0.15) is 0 Å². The number of fused-ring (bicyclic) bond motifs is 1. The Morgan fingerprint density at radius 1 is 1.17 bits per heavy atom. The standard InChI is InChI=1S/C21H24N4O5/c1-4-29-16-9-6-15(7-10-16)8-11-17(26)30-13-5-12-25-20(27)18-19(22-14-23(18)2)24(3)21(25)28/h6-11,14H,4-5,12-13H2,1-3H3/b11-8+. The molecular formula is C21H24N4O5. The number of carbonyl (C=O) groups is 1. The Morgan fingerprint density at radius 2 is 1.90 bits per heavy atom. The molecule has 0 bridgehead atoms. The maximum Gasteiger partial charge on any atom is 0.332 e. The molecule has 0 aliphatic heterocycles. The molecule has 0 fully saturated rings. The molecule has 0 radical (unpaired) electrons.